The van der Waals surface area contributed by atoms with Crippen molar-refractivity contribution in [2.45, 2.75) is 206 Å². The first-order valence-electron chi connectivity index (χ1n) is 31.1. The van der Waals surface area contributed by atoms with Gasteiger partial charge < -0.3 is 58.4 Å². The second kappa shape index (κ2) is 30.5. The monoisotopic (exact) mass is 1370 g/mol. The summed E-state index contributed by atoms with van der Waals surface area (Å²) in [6.07, 6.45) is 3.50. The minimum atomic E-state index is -4.49. The zero-order valence-corrected chi connectivity index (χ0v) is 55.7. The molecule has 6 aliphatic rings. The van der Waals surface area contributed by atoms with E-state index in [4.69, 9.17) is 38.4 Å². The first-order valence-corrected chi connectivity index (χ1v) is 31.1. The summed E-state index contributed by atoms with van der Waals surface area (Å²) in [5.74, 6) is -0.995. The van der Waals surface area contributed by atoms with E-state index in [-0.39, 0.29) is 103 Å². The Balaban J connectivity index is 0.000000256. The third-order valence-corrected chi connectivity index (χ3v) is 17.8. The predicted octanol–water partition coefficient (Wildman–Crippen LogP) is 10.6. The average molecular weight is 1370 g/mol. The summed E-state index contributed by atoms with van der Waals surface area (Å²) >= 11 is 0. The Kier molecular flexibility index (Phi) is 24.3. The van der Waals surface area contributed by atoms with Crippen molar-refractivity contribution in [1.82, 2.24) is 40.4 Å². The number of ether oxygens (including phenoxy) is 6. The Bertz CT molecular complexity index is 3260. The number of carbonyl (C=O) groups excluding carboxylic acids is 6. The molecule has 0 spiro atoms. The van der Waals surface area contributed by atoms with Crippen molar-refractivity contribution in [2.75, 3.05) is 26.3 Å². The molecule has 2 radical (unpaired) electrons. The van der Waals surface area contributed by atoms with Gasteiger partial charge in [0.25, 0.3) is 0 Å². The summed E-state index contributed by atoms with van der Waals surface area (Å²) < 4.78 is 111. The number of benzene rings is 2. The Hall–Kier alpha value is -6.11. The van der Waals surface area contributed by atoms with Crippen molar-refractivity contribution in [3.63, 3.8) is 0 Å². The van der Waals surface area contributed by atoms with Gasteiger partial charge >= 0.3 is 24.5 Å². The van der Waals surface area contributed by atoms with Crippen LogP contribution in [0.25, 0.3) is 22.1 Å². The van der Waals surface area contributed by atoms with E-state index in [1.165, 1.54) is 34.1 Å². The van der Waals surface area contributed by atoms with Crippen LogP contribution in [0, 0.1) is 34.5 Å². The van der Waals surface area contributed by atoms with Crippen LogP contribution in [0.1, 0.15) is 144 Å². The molecular formula is C64H80F6N8O12V2-2. The van der Waals surface area contributed by atoms with E-state index in [9.17, 15) is 55.1 Å². The molecule has 4 bridgehead atoms. The summed E-state index contributed by atoms with van der Waals surface area (Å²) in [5.41, 5.74) is 1.31. The quantitative estimate of drug-likeness (QED) is 0.135. The summed E-state index contributed by atoms with van der Waals surface area (Å²) in [7, 11) is 0. The van der Waals surface area contributed by atoms with Crippen molar-refractivity contribution < 1.29 is 121 Å². The summed E-state index contributed by atoms with van der Waals surface area (Å²) in [6, 6.07) is 4.90. The molecule has 92 heavy (non-hydrogen) atoms. The van der Waals surface area contributed by atoms with Crippen LogP contribution < -0.4 is 29.6 Å². The number of hydrogen-bond acceptors (Lipinski definition) is 16. The molecule has 2 N–H and O–H groups in total. The molecule has 4 amide bonds. The largest absolute Gasteiger partial charge is 0.540 e. The number of aromatic nitrogens is 4. The molecule has 502 valence electrons. The van der Waals surface area contributed by atoms with E-state index >= 15 is 0 Å². The first kappa shape index (κ1) is 73.3. The van der Waals surface area contributed by atoms with Gasteiger partial charge in [0.05, 0.1) is 35.2 Å². The normalized spacial score (nSPS) is 27.8. The number of alkyl halides is 6. The van der Waals surface area contributed by atoms with Crippen LogP contribution in [0.2, 0.25) is 0 Å². The summed E-state index contributed by atoms with van der Waals surface area (Å²) in [5, 5.41) is 5.54. The van der Waals surface area contributed by atoms with Crippen LogP contribution in [0.5, 0.6) is 23.3 Å². The van der Waals surface area contributed by atoms with Crippen molar-refractivity contribution in [2.24, 2.45) is 34.5 Å². The zero-order valence-electron chi connectivity index (χ0n) is 52.9. The molecule has 0 unspecified atom stereocenters. The Labute approximate surface area is 554 Å². The number of nitrogens with zero attached hydrogens (tertiary/aromatic N) is 6. The molecule has 4 fully saturated rings. The molecule has 12 atom stereocenters. The fourth-order valence-electron chi connectivity index (χ4n) is 12.5. The number of nitrogens with one attached hydrogen (secondary N) is 2. The minimum Gasteiger partial charge on any atom is -0.540 e. The molecule has 28 heteroatoms. The molecule has 20 nitrogen and oxygen atoms in total. The molecule has 2 saturated carbocycles. The van der Waals surface area contributed by atoms with Crippen LogP contribution in [-0.2, 0) is 78.6 Å². The molecule has 2 aromatic heterocycles. The van der Waals surface area contributed by atoms with E-state index in [2.05, 4.69) is 20.6 Å². The van der Waals surface area contributed by atoms with Crippen LogP contribution >= 0.6 is 0 Å². The molecule has 10 rings (SSSR count). The van der Waals surface area contributed by atoms with Crippen LogP contribution in [0.3, 0.4) is 0 Å². The molecule has 2 aliphatic carbocycles. The second-order valence-corrected chi connectivity index (χ2v) is 26.9. The fourth-order valence-corrected chi connectivity index (χ4v) is 12.5. The smallest absolute Gasteiger partial charge is 0.422 e. The van der Waals surface area contributed by atoms with Crippen molar-refractivity contribution in [3.8, 4) is 23.3 Å². The average Bonchev–Trinajstić information content (AvgIpc) is 1.51. The molecule has 4 aliphatic heterocycles. The van der Waals surface area contributed by atoms with Gasteiger partial charge in [-0.05, 0) is 123 Å². The number of halogens is 6. The van der Waals surface area contributed by atoms with E-state index in [0.29, 0.717) is 40.8 Å². The SMILES string of the molecule is C[C@@H]1[C@@H]2CN(C(=O)[C@H](C(C)(C)C)NC(=O)O[C@@H]3CCC[C@H]3CCCCCc3nc4ccc(OCC(F)(F)F)cc4nc3O2)[C@@H]1[C-]=O.C[C@@H]1[C@@H]2CN(C(=O)[C@H](C(C)(C)C)NC(=O)O[C@@H]3C[C@H]3CCCCCc3nc4ccc(OCC(F)(F)F)cc4nc3O2)[C@@H]1[C-]=O.[V].[V]. The van der Waals surface area contributed by atoms with Gasteiger partial charge in [-0.3, -0.25) is 9.59 Å². The third-order valence-electron chi connectivity index (χ3n) is 17.8. The summed E-state index contributed by atoms with van der Waals surface area (Å²) in [4.78, 5) is 99.8. The third kappa shape index (κ3) is 18.6. The maximum Gasteiger partial charge on any atom is 0.422 e. The number of aryl methyl sites for hydroxylation is 2. The van der Waals surface area contributed by atoms with Gasteiger partial charge in [0.2, 0.25) is 23.6 Å². The molecule has 2 aromatic carbocycles. The van der Waals surface area contributed by atoms with Gasteiger partial charge in [0.1, 0.15) is 59.4 Å². The zero-order chi connectivity index (χ0) is 65.0. The van der Waals surface area contributed by atoms with Gasteiger partial charge in [-0.2, -0.15) is 26.3 Å². The first-order chi connectivity index (χ1) is 42.5. The van der Waals surface area contributed by atoms with Crippen molar-refractivity contribution >= 4 is 58.6 Å². The van der Waals surface area contributed by atoms with E-state index in [1.54, 1.807) is 26.0 Å². The topological polar surface area (TPSA) is 240 Å². The minimum absolute atomic E-state index is 0. The number of amides is 4. The van der Waals surface area contributed by atoms with Crippen LogP contribution in [0.15, 0.2) is 36.4 Å². The number of alkyl carbamates (subject to hydrolysis) is 2. The van der Waals surface area contributed by atoms with Crippen molar-refractivity contribution in [1.29, 1.82) is 0 Å². The molecule has 4 aromatic rings. The van der Waals surface area contributed by atoms with Crippen LogP contribution in [-0.4, -0.2) is 154 Å². The van der Waals surface area contributed by atoms with Gasteiger partial charge in [-0.15, -0.1) is 0 Å². The number of rotatable bonds is 6. The van der Waals surface area contributed by atoms with E-state index in [1.807, 2.05) is 54.1 Å². The Morgan fingerprint density at radius 2 is 0.935 bits per heavy atom. The van der Waals surface area contributed by atoms with Crippen LogP contribution in [0.4, 0.5) is 35.9 Å². The van der Waals surface area contributed by atoms with Gasteiger partial charge in [0, 0.05) is 49.2 Å². The fraction of sp³-hybridized carbons (Fsp3) is 0.656. The maximum atomic E-state index is 14.0. The van der Waals surface area contributed by atoms with E-state index < -0.39 is 109 Å². The van der Waals surface area contributed by atoms with Gasteiger partial charge in [-0.25, -0.2) is 42.1 Å². The second-order valence-electron chi connectivity index (χ2n) is 26.9. The number of fused-ring (bicyclic) bond motifs is 10. The van der Waals surface area contributed by atoms with Crippen molar-refractivity contribution in [3.05, 3.63) is 47.8 Å². The standard InChI is InChI=1S/C33H42F3N4O6.C31H38F3N4O6.2V/c1-19-25(17-41)40-16-27(19)45-29-23(37-22-14-13-21(15-24(22)38-29)44-18-33(34,35)36)11-7-5-6-9-20-10-8-12-26(20)46-31(43)39-28(30(40)42)32(2,3)4;1-17-23(15-39)38-14-25(17)43-27-21(35-20-11-10-19(13-22(20)36-27)42-16-31(32,33)34)9-7-5-6-8-18-12-24(18)44-29(41)37-26(28(38)40)30(2,3)4;;/h13-15,19-20,25-28H,5-12,16,18H2,1-4H3,(H,39,43);10-11,13,17-18,23-26H,5-9,12,14,16H2,1-4H3,(H,37,41);;/q2*-1;;/t19-,20+,25+,26+,27-,28+;17-,18+,23+,24+,25-,26+;;/m00../s1. The number of carbonyl (C=O) groups is 4. The molecular weight excluding hydrogens is 1290 g/mol. The maximum absolute atomic E-state index is 14.0. The summed E-state index contributed by atoms with van der Waals surface area (Å²) in [6.45, 7) is 11.7. The molecule has 6 heterocycles. The molecule has 2 saturated heterocycles. The van der Waals surface area contributed by atoms with E-state index in [0.717, 1.165) is 77.0 Å². The Morgan fingerprint density at radius 3 is 1.35 bits per heavy atom. The predicted molar refractivity (Wildman–Crippen MR) is 315 cm³/mol. The van der Waals surface area contributed by atoms with Gasteiger partial charge in [0.15, 0.2) is 13.2 Å². The van der Waals surface area contributed by atoms with Gasteiger partial charge in [-0.1, -0.05) is 93.2 Å². The number of hydrogen-bond donors (Lipinski definition) is 2. The Morgan fingerprint density at radius 1 is 0.522 bits per heavy atom.